The van der Waals surface area contributed by atoms with E-state index in [4.69, 9.17) is 10.00 Å². The molecule has 0 bridgehead atoms. The molecule has 0 amide bonds. The Hall–Kier alpha value is -2.17. The molecule has 0 fully saturated rings. The van der Waals surface area contributed by atoms with Gasteiger partial charge in [-0.3, -0.25) is 15.0 Å². The summed E-state index contributed by atoms with van der Waals surface area (Å²) >= 11 is 0. The minimum Gasteiger partial charge on any atom is -0.383 e. The van der Waals surface area contributed by atoms with Crippen molar-refractivity contribution in [3.05, 3.63) is 33.9 Å². The van der Waals surface area contributed by atoms with Crippen LogP contribution in [0.25, 0.3) is 0 Å². The van der Waals surface area contributed by atoms with Gasteiger partial charge in [-0.05, 0) is 11.6 Å². The van der Waals surface area contributed by atoms with Crippen molar-refractivity contribution in [2.45, 2.75) is 13.0 Å². The van der Waals surface area contributed by atoms with E-state index in [2.05, 4.69) is 11.4 Å². The van der Waals surface area contributed by atoms with Gasteiger partial charge in [0.05, 0.1) is 17.6 Å². The van der Waals surface area contributed by atoms with Crippen molar-refractivity contribution < 1.29 is 9.66 Å². The van der Waals surface area contributed by atoms with Gasteiger partial charge in [-0.1, -0.05) is 6.07 Å². The standard InChI is InChI=1S/C14H20N4O3/c1-16-13-5-4-12(10-14(13)18(19)20)11-17(7-3-6-15)8-9-21-2/h4-5,10,16H,3,7-9,11H2,1-2H3. The smallest absolute Gasteiger partial charge is 0.292 e. The zero-order valence-electron chi connectivity index (χ0n) is 12.3. The van der Waals surface area contributed by atoms with Crippen molar-refractivity contribution in [1.82, 2.24) is 4.90 Å². The van der Waals surface area contributed by atoms with Gasteiger partial charge >= 0.3 is 0 Å². The summed E-state index contributed by atoms with van der Waals surface area (Å²) in [6, 6.07) is 7.23. The zero-order chi connectivity index (χ0) is 15.7. The summed E-state index contributed by atoms with van der Waals surface area (Å²) in [5.74, 6) is 0. The predicted molar refractivity (Wildman–Crippen MR) is 80.0 cm³/mol. The van der Waals surface area contributed by atoms with E-state index < -0.39 is 4.92 Å². The molecule has 0 saturated heterocycles. The molecule has 0 atom stereocenters. The highest BCUT2D eigenvalue weighted by Crippen LogP contribution is 2.25. The third kappa shape index (κ3) is 5.38. The van der Waals surface area contributed by atoms with E-state index in [1.54, 1.807) is 26.3 Å². The summed E-state index contributed by atoms with van der Waals surface area (Å²) in [6.07, 6.45) is 0.417. The first kappa shape index (κ1) is 16.9. The van der Waals surface area contributed by atoms with Gasteiger partial charge in [0, 0.05) is 46.3 Å². The summed E-state index contributed by atoms with van der Waals surface area (Å²) in [7, 11) is 3.27. The molecule has 0 aliphatic rings. The van der Waals surface area contributed by atoms with Crippen molar-refractivity contribution in [2.24, 2.45) is 0 Å². The highest BCUT2D eigenvalue weighted by atomic mass is 16.6. The van der Waals surface area contributed by atoms with Crippen molar-refractivity contribution in [1.29, 1.82) is 5.26 Å². The summed E-state index contributed by atoms with van der Waals surface area (Å²) in [5, 5.41) is 22.5. The second-order valence-corrected chi connectivity index (χ2v) is 4.54. The number of anilines is 1. The number of nitro benzene ring substituents is 1. The predicted octanol–water partition coefficient (Wildman–Crippen LogP) is 2.00. The molecule has 0 unspecified atom stereocenters. The minimum absolute atomic E-state index is 0.0574. The van der Waals surface area contributed by atoms with Crippen LogP contribution in [0.1, 0.15) is 12.0 Å². The molecule has 0 aromatic heterocycles. The van der Waals surface area contributed by atoms with Crippen LogP contribution in [0.2, 0.25) is 0 Å². The van der Waals surface area contributed by atoms with E-state index >= 15 is 0 Å². The molecule has 1 aromatic rings. The normalized spacial score (nSPS) is 10.4. The monoisotopic (exact) mass is 292 g/mol. The van der Waals surface area contributed by atoms with E-state index in [-0.39, 0.29) is 5.69 Å². The third-order valence-electron chi connectivity index (χ3n) is 3.09. The lowest BCUT2D eigenvalue weighted by Gasteiger charge is -2.20. The van der Waals surface area contributed by atoms with Gasteiger partial charge in [0.2, 0.25) is 0 Å². The second kappa shape index (κ2) is 8.89. The SMILES string of the molecule is CNc1ccc(CN(CCC#N)CCOC)cc1[N+](=O)[O-]. The number of nitrogens with zero attached hydrogens (tertiary/aromatic N) is 3. The molecular formula is C14H20N4O3. The fraction of sp³-hybridized carbons (Fsp3) is 0.500. The van der Waals surface area contributed by atoms with Gasteiger partial charge in [-0.15, -0.1) is 0 Å². The van der Waals surface area contributed by atoms with Gasteiger partial charge in [0.25, 0.3) is 5.69 Å². The first-order valence-electron chi connectivity index (χ1n) is 6.65. The fourth-order valence-corrected chi connectivity index (χ4v) is 1.99. The summed E-state index contributed by atoms with van der Waals surface area (Å²) in [6.45, 7) is 2.40. The Kier molecular flexibility index (Phi) is 7.15. The Balaban J connectivity index is 2.85. The molecule has 7 heteroatoms. The van der Waals surface area contributed by atoms with Crippen LogP contribution < -0.4 is 5.32 Å². The Morgan fingerprint density at radius 3 is 2.81 bits per heavy atom. The maximum Gasteiger partial charge on any atom is 0.292 e. The average Bonchev–Trinajstić information content (AvgIpc) is 2.49. The van der Waals surface area contributed by atoms with Crippen LogP contribution in [-0.4, -0.2) is 43.7 Å². The number of rotatable bonds is 9. The van der Waals surface area contributed by atoms with Crippen molar-refractivity contribution >= 4 is 11.4 Å². The first-order chi connectivity index (χ1) is 10.1. The van der Waals surface area contributed by atoms with Crippen molar-refractivity contribution in [3.63, 3.8) is 0 Å². The summed E-state index contributed by atoms with van der Waals surface area (Å²) in [4.78, 5) is 12.7. The summed E-state index contributed by atoms with van der Waals surface area (Å²) < 4.78 is 5.05. The van der Waals surface area contributed by atoms with Gasteiger partial charge in [-0.25, -0.2) is 0 Å². The van der Waals surface area contributed by atoms with E-state index in [0.29, 0.717) is 38.3 Å². The first-order valence-corrected chi connectivity index (χ1v) is 6.65. The highest BCUT2D eigenvalue weighted by molar-refractivity contribution is 5.62. The number of methoxy groups -OCH3 is 1. The van der Waals surface area contributed by atoms with Crippen LogP contribution in [0.5, 0.6) is 0 Å². The number of nitriles is 1. The quantitative estimate of drug-likeness (QED) is 0.553. The Labute approximate surface area is 124 Å². The zero-order valence-corrected chi connectivity index (χ0v) is 12.3. The second-order valence-electron chi connectivity index (χ2n) is 4.54. The molecule has 0 radical (unpaired) electrons. The molecule has 7 nitrogen and oxygen atoms in total. The molecule has 1 aromatic carbocycles. The summed E-state index contributed by atoms with van der Waals surface area (Å²) in [5.41, 5.74) is 1.39. The fourth-order valence-electron chi connectivity index (χ4n) is 1.99. The van der Waals surface area contributed by atoms with E-state index in [1.807, 2.05) is 11.0 Å². The lowest BCUT2D eigenvalue weighted by atomic mass is 10.1. The topological polar surface area (TPSA) is 91.4 Å². The number of benzene rings is 1. The van der Waals surface area contributed by atoms with Crippen LogP contribution >= 0.6 is 0 Å². The molecule has 0 spiro atoms. The molecule has 21 heavy (non-hydrogen) atoms. The molecule has 0 saturated carbocycles. The van der Waals surface area contributed by atoms with Gasteiger partial charge in [0.15, 0.2) is 0 Å². The molecule has 0 heterocycles. The Morgan fingerprint density at radius 2 is 2.24 bits per heavy atom. The van der Waals surface area contributed by atoms with E-state index in [9.17, 15) is 10.1 Å². The molecule has 0 aliphatic carbocycles. The van der Waals surface area contributed by atoms with Crippen LogP contribution in [0.15, 0.2) is 18.2 Å². The molecular weight excluding hydrogens is 272 g/mol. The number of nitro groups is 1. The molecule has 1 N–H and O–H groups in total. The van der Waals surface area contributed by atoms with E-state index in [1.165, 1.54) is 0 Å². The minimum atomic E-state index is -0.399. The Bertz CT molecular complexity index is 513. The van der Waals surface area contributed by atoms with E-state index in [0.717, 1.165) is 5.56 Å². The lowest BCUT2D eigenvalue weighted by molar-refractivity contribution is -0.384. The maximum absolute atomic E-state index is 11.1. The van der Waals surface area contributed by atoms with Crippen molar-refractivity contribution in [2.75, 3.05) is 39.2 Å². The van der Waals surface area contributed by atoms with Gasteiger partial charge < -0.3 is 10.1 Å². The number of hydrogen-bond donors (Lipinski definition) is 1. The third-order valence-corrected chi connectivity index (χ3v) is 3.09. The van der Waals surface area contributed by atoms with Crippen LogP contribution in [0.3, 0.4) is 0 Å². The highest BCUT2D eigenvalue weighted by Gasteiger charge is 2.15. The molecule has 0 aliphatic heterocycles. The van der Waals surface area contributed by atoms with Crippen molar-refractivity contribution in [3.8, 4) is 6.07 Å². The van der Waals surface area contributed by atoms with Gasteiger partial charge in [-0.2, -0.15) is 5.26 Å². The van der Waals surface area contributed by atoms with Crippen LogP contribution in [0, 0.1) is 21.4 Å². The Morgan fingerprint density at radius 1 is 1.48 bits per heavy atom. The number of nitrogens with one attached hydrogen (secondary N) is 1. The van der Waals surface area contributed by atoms with Crippen LogP contribution in [0.4, 0.5) is 11.4 Å². The number of ether oxygens (including phenoxy) is 1. The lowest BCUT2D eigenvalue weighted by Crippen LogP contribution is -2.28. The average molecular weight is 292 g/mol. The van der Waals surface area contributed by atoms with Gasteiger partial charge in [0.1, 0.15) is 5.69 Å². The maximum atomic E-state index is 11.1. The molecule has 1 rings (SSSR count). The van der Waals surface area contributed by atoms with Crippen LogP contribution in [-0.2, 0) is 11.3 Å². The molecule has 114 valence electrons. The number of hydrogen-bond acceptors (Lipinski definition) is 6. The largest absolute Gasteiger partial charge is 0.383 e.